The quantitative estimate of drug-likeness (QED) is 0.894. The van der Waals surface area contributed by atoms with Crippen LogP contribution in [0.1, 0.15) is 20.3 Å². The number of anilines is 1. The molecule has 5 nitrogen and oxygen atoms in total. The van der Waals surface area contributed by atoms with Gasteiger partial charge in [-0.05, 0) is 18.1 Å². The summed E-state index contributed by atoms with van der Waals surface area (Å²) in [6.07, 6.45) is 1.92. The maximum absolute atomic E-state index is 12.1. The molecular formula is C14H19N3O2. The van der Waals surface area contributed by atoms with Gasteiger partial charge in [0.1, 0.15) is 5.82 Å². The van der Waals surface area contributed by atoms with E-state index in [1.54, 1.807) is 23.2 Å². The van der Waals surface area contributed by atoms with Gasteiger partial charge in [-0.25, -0.2) is 4.98 Å². The molecule has 1 aromatic rings. The molecule has 1 atom stereocenters. The second-order valence-corrected chi connectivity index (χ2v) is 5.30. The number of amides is 2. The maximum Gasteiger partial charge on any atom is 0.230 e. The Morgan fingerprint density at radius 3 is 2.95 bits per heavy atom. The van der Waals surface area contributed by atoms with Crippen molar-refractivity contribution in [3.63, 3.8) is 0 Å². The molecule has 2 heterocycles. The number of hydrogen-bond donors (Lipinski definition) is 1. The van der Waals surface area contributed by atoms with Gasteiger partial charge in [0.05, 0.1) is 5.92 Å². The number of likely N-dealkylation sites (tertiary alicyclic amines) is 1. The molecule has 0 spiro atoms. The first-order valence-electron chi connectivity index (χ1n) is 6.56. The highest BCUT2D eigenvalue weighted by molar-refractivity contribution is 5.96. The largest absolute Gasteiger partial charge is 0.342 e. The minimum Gasteiger partial charge on any atom is -0.342 e. The van der Waals surface area contributed by atoms with Crippen LogP contribution in [-0.4, -0.2) is 34.8 Å². The zero-order valence-corrected chi connectivity index (χ0v) is 11.3. The number of carbonyl (C=O) groups excluding carboxylic acids is 2. The topological polar surface area (TPSA) is 62.3 Å². The van der Waals surface area contributed by atoms with Gasteiger partial charge in [0.25, 0.3) is 0 Å². The average molecular weight is 261 g/mol. The van der Waals surface area contributed by atoms with Crippen molar-refractivity contribution in [2.45, 2.75) is 20.3 Å². The molecule has 1 aliphatic heterocycles. The molecule has 102 valence electrons. The van der Waals surface area contributed by atoms with Crippen LogP contribution in [0.4, 0.5) is 5.82 Å². The van der Waals surface area contributed by atoms with Crippen molar-refractivity contribution in [2.75, 3.05) is 18.4 Å². The standard InChI is InChI=1S/C14H19N3O2/c1-10(2)8-17-9-11(7-13(17)18)14(19)16-12-5-3-4-6-15-12/h3-6,10-11H,7-9H2,1-2H3,(H,15,16,19)/t11-/m1/s1. The highest BCUT2D eigenvalue weighted by Crippen LogP contribution is 2.20. The molecule has 0 unspecified atom stereocenters. The second kappa shape index (κ2) is 5.82. The van der Waals surface area contributed by atoms with E-state index in [-0.39, 0.29) is 17.7 Å². The Morgan fingerprint density at radius 1 is 1.53 bits per heavy atom. The molecule has 0 aromatic carbocycles. The van der Waals surface area contributed by atoms with Crippen LogP contribution in [0.2, 0.25) is 0 Å². The Morgan fingerprint density at radius 2 is 2.32 bits per heavy atom. The molecule has 0 bridgehead atoms. The average Bonchev–Trinajstić information content (AvgIpc) is 2.71. The van der Waals surface area contributed by atoms with Crippen LogP contribution in [0.25, 0.3) is 0 Å². The Hall–Kier alpha value is -1.91. The smallest absolute Gasteiger partial charge is 0.230 e. The summed E-state index contributed by atoms with van der Waals surface area (Å²) < 4.78 is 0. The summed E-state index contributed by atoms with van der Waals surface area (Å²) in [7, 11) is 0. The first kappa shape index (κ1) is 13.5. The zero-order valence-electron chi connectivity index (χ0n) is 11.3. The summed E-state index contributed by atoms with van der Waals surface area (Å²) in [5, 5.41) is 2.75. The van der Waals surface area contributed by atoms with E-state index >= 15 is 0 Å². The van der Waals surface area contributed by atoms with Gasteiger partial charge in [-0.1, -0.05) is 19.9 Å². The van der Waals surface area contributed by atoms with Gasteiger partial charge in [0.2, 0.25) is 11.8 Å². The lowest BCUT2D eigenvalue weighted by atomic mass is 10.1. The summed E-state index contributed by atoms with van der Waals surface area (Å²) in [6, 6.07) is 5.34. The van der Waals surface area contributed by atoms with Gasteiger partial charge in [-0.15, -0.1) is 0 Å². The lowest BCUT2D eigenvalue weighted by Crippen LogP contribution is -2.31. The normalized spacial score (nSPS) is 19.0. The van der Waals surface area contributed by atoms with Gasteiger partial charge >= 0.3 is 0 Å². The van der Waals surface area contributed by atoms with E-state index in [2.05, 4.69) is 24.1 Å². The van der Waals surface area contributed by atoms with Crippen LogP contribution in [0.3, 0.4) is 0 Å². The van der Waals surface area contributed by atoms with E-state index in [1.165, 1.54) is 0 Å². The number of aromatic nitrogens is 1. The van der Waals surface area contributed by atoms with Crippen molar-refractivity contribution in [2.24, 2.45) is 11.8 Å². The fraction of sp³-hybridized carbons (Fsp3) is 0.500. The molecule has 5 heteroatoms. The second-order valence-electron chi connectivity index (χ2n) is 5.30. The lowest BCUT2D eigenvalue weighted by Gasteiger charge is -2.18. The third-order valence-corrected chi connectivity index (χ3v) is 3.09. The van der Waals surface area contributed by atoms with Gasteiger partial charge in [-0.2, -0.15) is 0 Å². The molecule has 0 saturated carbocycles. The Labute approximate surface area is 113 Å². The molecule has 19 heavy (non-hydrogen) atoms. The third kappa shape index (κ3) is 3.53. The number of hydrogen-bond acceptors (Lipinski definition) is 3. The molecule has 1 aromatic heterocycles. The van der Waals surface area contributed by atoms with E-state index in [0.717, 1.165) is 0 Å². The summed E-state index contributed by atoms with van der Waals surface area (Å²) in [4.78, 5) is 29.7. The predicted molar refractivity (Wildman–Crippen MR) is 72.4 cm³/mol. The minimum atomic E-state index is -0.270. The monoisotopic (exact) mass is 261 g/mol. The molecule has 1 saturated heterocycles. The van der Waals surface area contributed by atoms with Crippen LogP contribution < -0.4 is 5.32 Å². The van der Waals surface area contributed by atoms with Crippen molar-refractivity contribution >= 4 is 17.6 Å². The summed E-state index contributed by atoms with van der Waals surface area (Å²) in [5.41, 5.74) is 0. The summed E-state index contributed by atoms with van der Waals surface area (Å²) >= 11 is 0. The lowest BCUT2D eigenvalue weighted by molar-refractivity contribution is -0.128. The zero-order chi connectivity index (χ0) is 13.8. The minimum absolute atomic E-state index is 0.0647. The van der Waals surface area contributed by atoms with Crippen LogP contribution in [-0.2, 0) is 9.59 Å². The van der Waals surface area contributed by atoms with Crippen LogP contribution in [0.5, 0.6) is 0 Å². The maximum atomic E-state index is 12.1. The molecule has 0 aliphatic carbocycles. The third-order valence-electron chi connectivity index (χ3n) is 3.09. The molecule has 1 N–H and O–H groups in total. The molecule has 0 radical (unpaired) electrons. The SMILES string of the molecule is CC(C)CN1C[C@H](C(=O)Nc2ccccn2)CC1=O. The number of nitrogens with zero attached hydrogens (tertiary/aromatic N) is 2. The van der Waals surface area contributed by atoms with Crippen molar-refractivity contribution in [1.29, 1.82) is 0 Å². The fourth-order valence-electron chi connectivity index (χ4n) is 2.23. The highest BCUT2D eigenvalue weighted by Gasteiger charge is 2.34. The molecule has 1 aliphatic rings. The Kier molecular flexibility index (Phi) is 4.14. The van der Waals surface area contributed by atoms with E-state index < -0.39 is 0 Å². The number of carbonyl (C=O) groups is 2. The van der Waals surface area contributed by atoms with Crippen molar-refractivity contribution in [3.8, 4) is 0 Å². The van der Waals surface area contributed by atoms with Crippen LogP contribution in [0, 0.1) is 11.8 Å². The van der Waals surface area contributed by atoms with Crippen LogP contribution >= 0.6 is 0 Å². The van der Waals surface area contributed by atoms with E-state index in [9.17, 15) is 9.59 Å². The highest BCUT2D eigenvalue weighted by atomic mass is 16.2. The predicted octanol–water partition coefficient (Wildman–Crippen LogP) is 1.52. The summed E-state index contributed by atoms with van der Waals surface area (Å²) in [6.45, 7) is 5.35. The van der Waals surface area contributed by atoms with Gasteiger partial charge in [0.15, 0.2) is 0 Å². The Bertz CT molecular complexity index is 459. The Balaban J connectivity index is 1.93. The van der Waals surface area contributed by atoms with Crippen molar-refractivity contribution < 1.29 is 9.59 Å². The van der Waals surface area contributed by atoms with Crippen LogP contribution in [0.15, 0.2) is 24.4 Å². The van der Waals surface area contributed by atoms with Crippen molar-refractivity contribution in [1.82, 2.24) is 9.88 Å². The molecule has 2 amide bonds. The molecule has 2 rings (SSSR count). The number of pyridine rings is 1. The van der Waals surface area contributed by atoms with Gasteiger partial charge in [0, 0.05) is 25.7 Å². The summed E-state index contributed by atoms with van der Waals surface area (Å²) in [5.74, 6) is 0.616. The molecule has 1 fully saturated rings. The number of nitrogens with one attached hydrogen (secondary N) is 1. The van der Waals surface area contributed by atoms with Gasteiger partial charge in [-0.3, -0.25) is 9.59 Å². The molecular weight excluding hydrogens is 242 g/mol. The van der Waals surface area contributed by atoms with Gasteiger partial charge < -0.3 is 10.2 Å². The first-order chi connectivity index (χ1) is 9.06. The van der Waals surface area contributed by atoms with Crippen molar-refractivity contribution in [3.05, 3.63) is 24.4 Å². The fourth-order valence-corrected chi connectivity index (χ4v) is 2.23. The van der Waals surface area contributed by atoms with E-state index in [4.69, 9.17) is 0 Å². The number of rotatable bonds is 4. The first-order valence-corrected chi connectivity index (χ1v) is 6.56. The van der Waals surface area contributed by atoms with E-state index in [0.29, 0.717) is 31.2 Å². The van der Waals surface area contributed by atoms with E-state index in [1.807, 2.05) is 6.07 Å².